The topological polar surface area (TPSA) is 75.9 Å². The maximum Gasteiger partial charge on any atom is 0.211 e. The Morgan fingerprint density at radius 1 is 1.11 bits per heavy atom. The number of rotatable bonds is 3. The maximum atomic E-state index is 14.1. The quantitative estimate of drug-likeness (QED) is 0.743. The van der Waals surface area contributed by atoms with Crippen LogP contribution in [-0.2, 0) is 14.8 Å². The first-order chi connectivity index (χ1) is 13.1. The molecule has 4 rings (SSSR count). The van der Waals surface area contributed by atoms with Crippen molar-refractivity contribution in [2.24, 2.45) is 17.6 Å². The molecule has 0 radical (unpaired) electrons. The fraction of sp³-hybridized carbons (Fsp3) is 0.667. The molecule has 156 valence electrons. The van der Waals surface area contributed by atoms with Crippen molar-refractivity contribution in [3.8, 4) is 0 Å². The number of ether oxygens (including phenoxy) is 1. The highest BCUT2D eigenvalue weighted by atomic mass is 32.2. The molecule has 1 aromatic carbocycles. The van der Waals surface area contributed by atoms with Gasteiger partial charge in [-0.2, -0.15) is 0 Å². The van der Waals surface area contributed by atoms with E-state index in [9.17, 15) is 21.6 Å². The molecule has 0 aromatic heterocycles. The number of hydrogen-bond acceptors (Lipinski definition) is 5. The zero-order valence-corrected chi connectivity index (χ0v) is 16.3. The van der Waals surface area contributed by atoms with Crippen molar-refractivity contribution >= 4 is 10.0 Å². The van der Waals surface area contributed by atoms with E-state index in [-0.39, 0.29) is 30.0 Å². The van der Waals surface area contributed by atoms with Crippen LogP contribution in [0.5, 0.6) is 0 Å². The molecule has 5 unspecified atom stereocenters. The zero-order valence-electron chi connectivity index (χ0n) is 15.5. The van der Waals surface area contributed by atoms with Crippen LogP contribution in [0.15, 0.2) is 12.1 Å². The highest BCUT2D eigenvalue weighted by Gasteiger charge is 2.46. The SMILES string of the molecule is CS(=O)(=O)N1CC2CN(C3COC(c4cc(F)cc(F)c4F)C(N)C3)CC2C1. The van der Waals surface area contributed by atoms with Crippen LogP contribution in [0, 0.1) is 29.3 Å². The Balaban J connectivity index is 1.40. The van der Waals surface area contributed by atoms with Crippen molar-refractivity contribution in [1.82, 2.24) is 9.21 Å². The number of benzene rings is 1. The van der Waals surface area contributed by atoms with Gasteiger partial charge in [0.2, 0.25) is 10.0 Å². The highest BCUT2D eigenvalue weighted by Crippen LogP contribution is 2.37. The summed E-state index contributed by atoms with van der Waals surface area (Å²) in [5, 5.41) is 0. The van der Waals surface area contributed by atoms with E-state index in [1.54, 1.807) is 0 Å². The molecular weight excluding hydrogens is 395 g/mol. The summed E-state index contributed by atoms with van der Waals surface area (Å²) in [5.74, 6) is -2.70. The Kier molecular flexibility index (Phi) is 5.20. The van der Waals surface area contributed by atoms with Crippen LogP contribution >= 0.6 is 0 Å². The van der Waals surface area contributed by atoms with Crippen molar-refractivity contribution in [2.75, 3.05) is 39.0 Å². The molecule has 3 fully saturated rings. The van der Waals surface area contributed by atoms with Gasteiger partial charge in [0, 0.05) is 49.9 Å². The van der Waals surface area contributed by atoms with E-state index in [0.29, 0.717) is 25.6 Å². The Morgan fingerprint density at radius 3 is 2.32 bits per heavy atom. The summed E-state index contributed by atoms with van der Waals surface area (Å²) in [6.07, 6.45) is 0.843. The first-order valence-electron chi connectivity index (χ1n) is 9.34. The molecule has 6 nitrogen and oxygen atoms in total. The first-order valence-corrected chi connectivity index (χ1v) is 11.2. The number of halogens is 3. The number of nitrogens with zero attached hydrogens (tertiary/aromatic N) is 2. The normalized spacial score (nSPS) is 34.7. The van der Waals surface area contributed by atoms with Gasteiger partial charge in [0.15, 0.2) is 11.6 Å². The Bertz CT molecular complexity index is 855. The predicted molar refractivity (Wildman–Crippen MR) is 96.4 cm³/mol. The molecule has 3 saturated heterocycles. The Labute approximate surface area is 162 Å². The van der Waals surface area contributed by atoms with Gasteiger partial charge in [0.25, 0.3) is 0 Å². The molecule has 0 aliphatic carbocycles. The molecule has 0 spiro atoms. The minimum absolute atomic E-state index is 0.0185. The van der Waals surface area contributed by atoms with E-state index in [1.165, 1.54) is 10.6 Å². The molecule has 28 heavy (non-hydrogen) atoms. The van der Waals surface area contributed by atoms with Crippen LogP contribution in [-0.4, -0.2) is 68.7 Å². The van der Waals surface area contributed by atoms with Crippen LogP contribution < -0.4 is 5.73 Å². The van der Waals surface area contributed by atoms with Gasteiger partial charge >= 0.3 is 0 Å². The molecule has 3 aliphatic rings. The van der Waals surface area contributed by atoms with Gasteiger partial charge in [-0.15, -0.1) is 0 Å². The van der Waals surface area contributed by atoms with Crippen LogP contribution in [0.1, 0.15) is 18.1 Å². The molecule has 1 aromatic rings. The van der Waals surface area contributed by atoms with Crippen LogP contribution in [0.3, 0.4) is 0 Å². The number of hydrogen-bond donors (Lipinski definition) is 1. The van der Waals surface area contributed by atoms with Crippen molar-refractivity contribution in [3.63, 3.8) is 0 Å². The monoisotopic (exact) mass is 419 g/mol. The number of nitrogens with two attached hydrogens (primary N) is 1. The van der Waals surface area contributed by atoms with Gasteiger partial charge < -0.3 is 10.5 Å². The lowest BCUT2D eigenvalue weighted by Crippen LogP contribution is -2.49. The second-order valence-corrected chi connectivity index (χ2v) is 10.1. The standard InChI is InChI=1S/C18H24F3N3O3S/c1-28(25,26)24-7-10-5-23(6-11(10)8-24)13-4-16(22)18(27-9-13)14-2-12(19)3-15(20)17(14)21/h2-3,10-11,13,16,18H,4-9,22H2,1H3. The molecule has 0 bridgehead atoms. The fourth-order valence-electron chi connectivity index (χ4n) is 4.76. The summed E-state index contributed by atoms with van der Waals surface area (Å²) in [5.41, 5.74) is 5.99. The lowest BCUT2D eigenvalue weighted by Gasteiger charge is -2.39. The van der Waals surface area contributed by atoms with Crippen LogP contribution in [0.2, 0.25) is 0 Å². The minimum atomic E-state index is -3.17. The Hall–Kier alpha value is -1.20. The average Bonchev–Trinajstić information content (AvgIpc) is 3.17. The third-order valence-corrected chi connectivity index (χ3v) is 7.43. The lowest BCUT2D eigenvalue weighted by molar-refractivity contribution is -0.0488. The number of likely N-dealkylation sites (tertiary alicyclic amines) is 1. The summed E-state index contributed by atoms with van der Waals surface area (Å²) in [6.45, 7) is 2.84. The highest BCUT2D eigenvalue weighted by molar-refractivity contribution is 7.88. The van der Waals surface area contributed by atoms with E-state index in [2.05, 4.69) is 4.90 Å². The van der Waals surface area contributed by atoms with Crippen molar-refractivity contribution in [2.45, 2.75) is 24.6 Å². The summed E-state index contributed by atoms with van der Waals surface area (Å²) in [4.78, 5) is 2.24. The molecule has 5 atom stereocenters. The van der Waals surface area contributed by atoms with Crippen molar-refractivity contribution in [3.05, 3.63) is 35.1 Å². The lowest BCUT2D eigenvalue weighted by atomic mass is 9.93. The van der Waals surface area contributed by atoms with Gasteiger partial charge in [-0.25, -0.2) is 25.9 Å². The third-order valence-electron chi connectivity index (χ3n) is 6.20. The molecule has 3 heterocycles. The van der Waals surface area contributed by atoms with Crippen molar-refractivity contribution in [1.29, 1.82) is 0 Å². The van der Waals surface area contributed by atoms with Gasteiger partial charge in [0.05, 0.1) is 12.9 Å². The second kappa shape index (κ2) is 7.24. The van der Waals surface area contributed by atoms with E-state index >= 15 is 0 Å². The summed E-state index contributed by atoms with van der Waals surface area (Å²) in [7, 11) is -3.17. The molecule has 2 N–H and O–H groups in total. The van der Waals surface area contributed by atoms with E-state index in [1.807, 2.05) is 0 Å². The second-order valence-electron chi connectivity index (χ2n) is 8.15. The number of sulfonamides is 1. The molecule has 3 aliphatic heterocycles. The zero-order chi connectivity index (χ0) is 20.2. The first kappa shape index (κ1) is 20.1. The van der Waals surface area contributed by atoms with E-state index < -0.39 is 39.6 Å². The third kappa shape index (κ3) is 3.68. The van der Waals surface area contributed by atoms with Crippen LogP contribution in [0.25, 0.3) is 0 Å². The average molecular weight is 419 g/mol. The van der Waals surface area contributed by atoms with Gasteiger partial charge in [-0.3, -0.25) is 4.90 Å². The van der Waals surface area contributed by atoms with E-state index in [0.717, 1.165) is 19.2 Å². The molecule has 0 saturated carbocycles. The van der Waals surface area contributed by atoms with Crippen molar-refractivity contribution < 1.29 is 26.3 Å². The van der Waals surface area contributed by atoms with Gasteiger partial charge in [-0.1, -0.05) is 0 Å². The van der Waals surface area contributed by atoms with Gasteiger partial charge in [0.1, 0.15) is 11.9 Å². The van der Waals surface area contributed by atoms with Gasteiger partial charge in [-0.05, 0) is 24.3 Å². The molecule has 10 heteroatoms. The summed E-state index contributed by atoms with van der Waals surface area (Å²) < 4.78 is 71.8. The molecule has 0 amide bonds. The predicted octanol–water partition coefficient (Wildman–Crippen LogP) is 1.08. The summed E-state index contributed by atoms with van der Waals surface area (Å²) >= 11 is 0. The minimum Gasteiger partial charge on any atom is -0.370 e. The van der Waals surface area contributed by atoms with Crippen LogP contribution in [0.4, 0.5) is 13.2 Å². The van der Waals surface area contributed by atoms with E-state index in [4.69, 9.17) is 10.5 Å². The molecular formula is C18H24F3N3O3S. The Morgan fingerprint density at radius 2 is 1.75 bits per heavy atom. The largest absolute Gasteiger partial charge is 0.370 e. The maximum absolute atomic E-state index is 14.1. The smallest absolute Gasteiger partial charge is 0.211 e. The number of fused-ring (bicyclic) bond motifs is 1. The fourth-order valence-corrected chi connectivity index (χ4v) is 5.68. The summed E-state index contributed by atoms with van der Waals surface area (Å²) in [6, 6.07) is 0.856.